The van der Waals surface area contributed by atoms with Crippen molar-refractivity contribution in [3.63, 3.8) is 0 Å². The summed E-state index contributed by atoms with van der Waals surface area (Å²) in [6.45, 7) is 12.0. The van der Waals surface area contributed by atoms with Crippen LogP contribution in [0.3, 0.4) is 0 Å². The molecule has 2 aromatic rings. The summed E-state index contributed by atoms with van der Waals surface area (Å²) < 4.78 is 0. The third-order valence-corrected chi connectivity index (χ3v) is 3.84. The van der Waals surface area contributed by atoms with Crippen LogP contribution in [-0.2, 0) is 4.79 Å². The van der Waals surface area contributed by atoms with Gasteiger partial charge >= 0.3 is 0 Å². The first-order chi connectivity index (χ1) is 9.82. The Morgan fingerprint density at radius 2 is 1.24 bits per heavy atom. The first kappa shape index (κ1) is 15.3. The van der Waals surface area contributed by atoms with E-state index in [1.54, 1.807) is 6.92 Å². The lowest BCUT2D eigenvalue weighted by Gasteiger charge is -2.28. The van der Waals surface area contributed by atoms with E-state index in [-0.39, 0.29) is 5.91 Å². The molecule has 0 radical (unpaired) electrons. The Bertz CT molecular complexity index is 657. The zero-order chi connectivity index (χ0) is 15.7. The van der Waals surface area contributed by atoms with E-state index in [1.165, 1.54) is 5.56 Å². The van der Waals surface area contributed by atoms with Gasteiger partial charge in [0.2, 0.25) is 5.91 Å². The topological polar surface area (TPSA) is 20.3 Å². The number of hydrogen-bond donors (Lipinski definition) is 0. The maximum absolute atomic E-state index is 12.4. The van der Waals surface area contributed by atoms with Gasteiger partial charge in [-0.05, 0) is 56.9 Å². The first-order valence-electron chi connectivity index (χ1n) is 7.27. The fourth-order valence-electron chi connectivity index (χ4n) is 3.11. The van der Waals surface area contributed by atoms with Gasteiger partial charge in [0.25, 0.3) is 0 Å². The highest BCUT2D eigenvalue weighted by Crippen LogP contribution is 2.36. The van der Waals surface area contributed by atoms with Crippen molar-refractivity contribution in [3.05, 3.63) is 58.1 Å². The van der Waals surface area contributed by atoms with E-state index in [0.29, 0.717) is 0 Å². The lowest BCUT2D eigenvalue weighted by Crippen LogP contribution is -2.26. The van der Waals surface area contributed by atoms with Gasteiger partial charge in [-0.2, -0.15) is 0 Å². The molecule has 0 saturated heterocycles. The van der Waals surface area contributed by atoms with Crippen molar-refractivity contribution >= 4 is 17.3 Å². The van der Waals surface area contributed by atoms with Crippen LogP contribution in [0.1, 0.15) is 34.7 Å². The molecule has 0 N–H and O–H groups in total. The summed E-state index contributed by atoms with van der Waals surface area (Å²) in [5.74, 6) is 0.0439. The number of amides is 1. The van der Waals surface area contributed by atoms with Crippen LogP contribution in [0.25, 0.3) is 0 Å². The molecule has 0 aliphatic carbocycles. The molecule has 2 aromatic carbocycles. The molecule has 2 nitrogen and oxygen atoms in total. The summed E-state index contributed by atoms with van der Waals surface area (Å²) in [5.41, 5.74) is 7.72. The summed E-state index contributed by atoms with van der Waals surface area (Å²) in [6.07, 6.45) is 0. The summed E-state index contributed by atoms with van der Waals surface area (Å²) in [5, 5.41) is 0. The number of hydrogen-bond acceptors (Lipinski definition) is 1. The van der Waals surface area contributed by atoms with Gasteiger partial charge in [-0.1, -0.05) is 35.9 Å². The van der Waals surface area contributed by atoms with Gasteiger partial charge in [0, 0.05) is 6.92 Å². The van der Waals surface area contributed by atoms with Crippen LogP contribution < -0.4 is 4.90 Å². The molecular weight excluding hydrogens is 258 g/mol. The lowest BCUT2D eigenvalue weighted by molar-refractivity contribution is -0.115. The standard InChI is InChI=1S/C19H23NO/c1-12-10-15(4)19(16(5)11-12)20(17(6)21)18-13(2)8-7-9-14(18)3/h7-11H,1-6H3. The smallest absolute Gasteiger partial charge is 0.228 e. The number of anilines is 2. The highest BCUT2D eigenvalue weighted by molar-refractivity contribution is 6.02. The highest BCUT2D eigenvalue weighted by atomic mass is 16.2. The molecule has 2 rings (SSSR count). The highest BCUT2D eigenvalue weighted by Gasteiger charge is 2.21. The minimum Gasteiger partial charge on any atom is -0.280 e. The van der Waals surface area contributed by atoms with Crippen molar-refractivity contribution in [2.45, 2.75) is 41.5 Å². The van der Waals surface area contributed by atoms with E-state index >= 15 is 0 Å². The average Bonchev–Trinajstić information content (AvgIpc) is 2.35. The van der Waals surface area contributed by atoms with Crippen molar-refractivity contribution in [2.24, 2.45) is 0 Å². The minimum atomic E-state index is 0.0439. The molecule has 0 heterocycles. The van der Waals surface area contributed by atoms with E-state index < -0.39 is 0 Å². The second-order valence-corrected chi connectivity index (χ2v) is 5.84. The second kappa shape index (κ2) is 5.72. The van der Waals surface area contributed by atoms with Gasteiger partial charge in [0.05, 0.1) is 11.4 Å². The van der Waals surface area contributed by atoms with E-state index in [1.807, 2.05) is 11.0 Å². The van der Waals surface area contributed by atoms with Crippen LogP contribution in [-0.4, -0.2) is 5.91 Å². The Kier molecular flexibility index (Phi) is 4.17. The largest absolute Gasteiger partial charge is 0.280 e. The van der Waals surface area contributed by atoms with E-state index in [2.05, 4.69) is 58.9 Å². The Hall–Kier alpha value is -2.09. The van der Waals surface area contributed by atoms with Gasteiger partial charge in [0.1, 0.15) is 0 Å². The van der Waals surface area contributed by atoms with Gasteiger partial charge in [-0.15, -0.1) is 0 Å². The third-order valence-electron chi connectivity index (χ3n) is 3.84. The Morgan fingerprint density at radius 1 is 0.810 bits per heavy atom. The summed E-state index contributed by atoms with van der Waals surface area (Å²) in [7, 11) is 0. The zero-order valence-electron chi connectivity index (χ0n) is 13.7. The molecule has 0 saturated carbocycles. The third kappa shape index (κ3) is 2.85. The Morgan fingerprint density at radius 3 is 1.67 bits per heavy atom. The molecule has 0 aliphatic heterocycles. The number of aryl methyl sites for hydroxylation is 5. The fourth-order valence-corrected chi connectivity index (χ4v) is 3.11. The van der Waals surface area contributed by atoms with Crippen LogP contribution in [0.2, 0.25) is 0 Å². The second-order valence-electron chi connectivity index (χ2n) is 5.84. The molecule has 1 amide bonds. The zero-order valence-corrected chi connectivity index (χ0v) is 13.7. The van der Waals surface area contributed by atoms with E-state index in [9.17, 15) is 4.79 Å². The SMILES string of the molecule is CC(=O)N(c1c(C)cccc1C)c1c(C)cc(C)cc1C. The predicted octanol–water partition coefficient (Wildman–Crippen LogP) is 4.91. The van der Waals surface area contributed by atoms with Gasteiger partial charge < -0.3 is 0 Å². The molecule has 0 atom stereocenters. The van der Waals surface area contributed by atoms with E-state index in [0.717, 1.165) is 33.6 Å². The molecular formula is C19H23NO. The van der Waals surface area contributed by atoms with Crippen LogP contribution in [0, 0.1) is 34.6 Å². The lowest BCUT2D eigenvalue weighted by atomic mass is 10.0. The number of carbonyl (C=O) groups excluding carboxylic acids is 1. The molecule has 0 bridgehead atoms. The first-order valence-corrected chi connectivity index (χ1v) is 7.27. The van der Waals surface area contributed by atoms with Crippen LogP contribution >= 0.6 is 0 Å². The van der Waals surface area contributed by atoms with Crippen LogP contribution in [0.15, 0.2) is 30.3 Å². The van der Waals surface area contributed by atoms with Crippen molar-refractivity contribution in [2.75, 3.05) is 4.90 Å². The van der Waals surface area contributed by atoms with Gasteiger partial charge in [-0.25, -0.2) is 0 Å². The summed E-state index contributed by atoms with van der Waals surface area (Å²) >= 11 is 0. The Balaban J connectivity index is 2.75. The minimum absolute atomic E-state index is 0.0439. The number of carbonyl (C=O) groups is 1. The Labute approximate surface area is 127 Å². The molecule has 110 valence electrons. The van der Waals surface area contributed by atoms with Crippen molar-refractivity contribution in [1.82, 2.24) is 0 Å². The van der Waals surface area contributed by atoms with Crippen molar-refractivity contribution in [3.8, 4) is 0 Å². The van der Waals surface area contributed by atoms with Gasteiger partial charge in [-0.3, -0.25) is 9.69 Å². The quantitative estimate of drug-likeness (QED) is 0.765. The number of benzene rings is 2. The number of nitrogens with zero attached hydrogens (tertiary/aromatic N) is 1. The maximum Gasteiger partial charge on any atom is 0.228 e. The van der Waals surface area contributed by atoms with Crippen LogP contribution in [0.4, 0.5) is 11.4 Å². The number of rotatable bonds is 2. The van der Waals surface area contributed by atoms with Crippen LogP contribution in [0.5, 0.6) is 0 Å². The predicted molar refractivity (Wildman–Crippen MR) is 89.4 cm³/mol. The molecule has 0 aromatic heterocycles. The molecule has 0 spiro atoms. The molecule has 21 heavy (non-hydrogen) atoms. The molecule has 0 aliphatic rings. The summed E-state index contributed by atoms with van der Waals surface area (Å²) in [6, 6.07) is 10.4. The van der Waals surface area contributed by atoms with Gasteiger partial charge in [0.15, 0.2) is 0 Å². The summed E-state index contributed by atoms with van der Waals surface area (Å²) in [4.78, 5) is 14.2. The molecule has 2 heteroatoms. The fraction of sp³-hybridized carbons (Fsp3) is 0.316. The van der Waals surface area contributed by atoms with E-state index in [4.69, 9.17) is 0 Å². The molecule has 0 unspecified atom stereocenters. The number of para-hydroxylation sites is 1. The monoisotopic (exact) mass is 281 g/mol. The maximum atomic E-state index is 12.4. The normalized spacial score (nSPS) is 10.6. The van der Waals surface area contributed by atoms with Crippen molar-refractivity contribution in [1.29, 1.82) is 0 Å². The van der Waals surface area contributed by atoms with Crippen molar-refractivity contribution < 1.29 is 4.79 Å². The molecule has 0 fully saturated rings. The average molecular weight is 281 g/mol.